The maximum atomic E-state index is 15.0. The van der Waals surface area contributed by atoms with Crippen LogP contribution in [-0.4, -0.2) is 121 Å². The Balaban J connectivity index is 1.37. The SMILES string of the molecule is CC(=O)O[C@@]12COC1CC(O)[C@@]1(C)C(=O)C(O)C3=C(C)C(OC(=O)C(O)C(c4ccccc4)N4C(=O)OC(C)(C)C4=O)C[C@@](O)(C(OC(=O)c4ccccc4)C21)C3(C)C. The monoisotopic (exact) mass is 819 g/mol. The molecule has 316 valence electrons. The third-order valence-electron chi connectivity index (χ3n) is 13.4. The molecule has 2 aromatic rings. The number of ether oxygens (including phenoxy) is 5. The first-order chi connectivity index (χ1) is 27.5. The lowest BCUT2D eigenvalue weighted by molar-refractivity contribution is -0.346. The molecule has 16 heteroatoms. The zero-order valence-corrected chi connectivity index (χ0v) is 33.7. The van der Waals surface area contributed by atoms with E-state index in [4.69, 9.17) is 23.7 Å². The Kier molecular flexibility index (Phi) is 10.2. The fraction of sp³-hybridized carbons (Fsp3) is 0.535. The molecule has 59 heavy (non-hydrogen) atoms. The summed E-state index contributed by atoms with van der Waals surface area (Å²) >= 11 is 0. The number of rotatable bonds is 8. The highest BCUT2D eigenvalue weighted by molar-refractivity contribution is 6.03. The molecule has 2 aliphatic heterocycles. The first kappa shape index (κ1) is 42.1. The molecular formula is C43H49NO15. The molecule has 5 aliphatic rings. The summed E-state index contributed by atoms with van der Waals surface area (Å²) < 4.78 is 29.4. The summed E-state index contributed by atoms with van der Waals surface area (Å²) in [4.78, 5) is 83.4. The molecule has 0 radical (unpaired) electrons. The molecule has 3 aliphatic carbocycles. The van der Waals surface area contributed by atoms with Crippen LogP contribution in [0.4, 0.5) is 4.79 Å². The number of benzene rings is 2. The predicted octanol–water partition coefficient (Wildman–Crippen LogP) is 2.49. The van der Waals surface area contributed by atoms with Crippen LogP contribution < -0.4 is 0 Å². The number of Topliss-reactive ketones (excluding diaryl/α,β-unsaturated/α-hetero) is 1. The first-order valence-electron chi connectivity index (χ1n) is 19.5. The number of imide groups is 1. The number of aliphatic hydroxyl groups is 4. The average Bonchev–Trinajstić information content (AvgIpc) is 3.38. The highest BCUT2D eigenvalue weighted by Crippen LogP contribution is 2.64. The minimum atomic E-state index is -2.41. The quantitative estimate of drug-likeness (QED) is 0.170. The van der Waals surface area contributed by atoms with Crippen LogP contribution >= 0.6 is 0 Å². The normalized spacial score (nSPS) is 35.4. The summed E-state index contributed by atoms with van der Waals surface area (Å²) in [5, 5.41) is 49.3. The van der Waals surface area contributed by atoms with Crippen molar-refractivity contribution in [1.82, 2.24) is 4.90 Å². The second-order valence-corrected chi connectivity index (χ2v) is 17.4. The van der Waals surface area contributed by atoms with Crippen molar-refractivity contribution in [3.8, 4) is 0 Å². The van der Waals surface area contributed by atoms with Gasteiger partial charge in [0.1, 0.15) is 36.1 Å². The van der Waals surface area contributed by atoms with Crippen molar-refractivity contribution in [3.05, 3.63) is 82.9 Å². The van der Waals surface area contributed by atoms with E-state index in [0.29, 0.717) is 4.90 Å². The summed E-state index contributed by atoms with van der Waals surface area (Å²) in [6.45, 7) is 9.42. The van der Waals surface area contributed by atoms with Gasteiger partial charge >= 0.3 is 24.0 Å². The summed E-state index contributed by atoms with van der Waals surface area (Å²) in [6, 6.07) is 13.9. The van der Waals surface area contributed by atoms with E-state index in [-0.39, 0.29) is 35.3 Å². The Hall–Kier alpha value is -5.00. The fourth-order valence-corrected chi connectivity index (χ4v) is 10.2. The van der Waals surface area contributed by atoms with E-state index in [9.17, 15) is 49.2 Å². The molecule has 2 saturated carbocycles. The minimum absolute atomic E-state index is 0.0577. The summed E-state index contributed by atoms with van der Waals surface area (Å²) in [6.07, 6.45) is -12.1. The van der Waals surface area contributed by atoms with Gasteiger partial charge in [-0.15, -0.1) is 0 Å². The van der Waals surface area contributed by atoms with Crippen molar-refractivity contribution >= 4 is 35.7 Å². The van der Waals surface area contributed by atoms with Gasteiger partial charge in [0.05, 0.1) is 29.6 Å². The smallest absolute Gasteiger partial charge is 0.418 e. The summed E-state index contributed by atoms with van der Waals surface area (Å²) in [5.74, 6) is -6.42. The van der Waals surface area contributed by atoms with Crippen LogP contribution in [0.5, 0.6) is 0 Å². The molecule has 7 rings (SSSR count). The highest BCUT2D eigenvalue weighted by atomic mass is 16.6. The molecule has 2 amide bonds. The van der Waals surface area contributed by atoms with Gasteiger partial charge in [-0.25, -0.2) is 19.3 Å². The number of ketones is 1. The number of nitrogens with zero attached hydrogens (tertiary/aromatic N) is 1. The lowest BCUT2D eigenvalue weighted by Gasteiger charge is -2.67. The second-order valence-electron chi connectivity index (χ2n) is 17.4. The van der Waals surface area contributed by atoms with Gasteiger partial charge in [-0.2, -0.15) is 0 Å². The highest BCUT2D eigenvalue weighted by Gasteiger charge is 2.78. The van der Waals surface area contributed by atoms with Crippen molar-refractivity contribution in [2.75, 3.05) is 6.61 Å². The number of hydrogen-bond acceptors (Lipinski definition) is 15. The maximum Gasteiger partial charge on any atom is 0.418 e. The first-order valence-corrected chi connectivity index (χ1v) is 19.5. The van der Waals surface area contributed by atoms with Gasteiger partial charge in [-0.3, -0.25) is 14.4 Å². The summed E-state index contributed by atoms with van der Waals surface area (Å²) in [5.41, 5.74) is -9.27. The van der Waals surface area contributed by atoms with E-state index in [0.717, 1.165) is 6.92 Å². The Morgan fingerprint density at radius 1 is 0.915 bits per heavy atom. The molecule has 11 atom stereocenters. The molecule has 16 nitrogen and oxygen atoms in total. The lowest BCUT2D eigenvalue weighted by Crippen LogP contribution is -2.81. The number of cyclic esters (lactones) is 1. The number of carbonyl (C=O) groups is 6. The van der Waals surface area contributed by atoms with Crippen LogP contribution in [0, 0.1) is 16.7 Å². The molecular weight excluding hydrogens is 770 g/mol. The number of hydrogen-bond donors (Lipinski definition) is 4. The molecule has 0 aromatic heterocycles. The molecule has 2 saturated heterocycles. The number of carbonyl (C=O) groups excluding carboxylic acids is 6. The Morgan fingerprint density at radius 3 is 2.07 bits per heavy atom. The summed E-state index contributed by atoms with van der Waals surface area (Å²) in [7, 11) is 0. The van der Waals surface area contributed by atoms with Crippen molar-refractivity contribution in [1.29, 1.82) is 0 Å². The van der Waals surface area contributed by atoms with E-state index < -0.39 is 118 Å². The number of aliphatic hydroxyl groups excluding tert-OH is 3. The van der Waals surface area contributed by atoms with Crippen LogP contribution in [0.1, 0.15) is 83.3 Å². The van der Waals surface area contributed by atoms with Crippen LogP contribution in [0.3, 0.4) is 0 Å². The predicted molar refractivity (Wildman–Crippen MR) is 202 cm³/mol. The minimum Gasteiger partial charge on any atom is -0.456 e. The van der Waals surface area contributed by atoms with Crippen LogP contribution in [0.2, 0.25) is 0 Å². The average molecular weight is 820 g/mol. The lowest BCUT2D eigenvalue weighted by atomic mass is 9.44. The van der Waals surface area contributed by atoms with Crippen LogP contribution in [-0.2, 0) is 42.9 Å². The number of fused-ring (bicyclic) bond motifs is 5. The molecule has 0 spiro atoms. The molecule has 4 fully saturated rings. The van der Waals surface area contributed by atoms with E-state index in [1.54, 1.807) is 36.4 Å². The van der Waals surface area contributed by atoms with Gasteiger partial charge in [0.2, 0.25) is 0 Å². The van der Waals surface area contributed by atoms with E-state index >= 15 is 0 Å². The Morgan fingerprint density at radius 2 is 1.53 bits per heavy atom. The van der Waals surface area contributed by atoms with Gasteiger partial charge in [-0.1, -0.05) is 62.4 Å². The van der Waals surface area contributed by atoms with Gasteiger partial charge in [-0.05, 0) is 56.5 Å². The molecule has 2 heterocycles. The maximum absolute atomic E-state index is 15.0. The fourth-order valence-electron chi connectivity index (χ4n) is 10.2. The van der Waals surface area contributed by atoms with Gasteiger partial charge in [0.15, 0.2) is 23.1 Å². The molecule has 8 unspecified atom stereocenters. The van der Waals surface area contributed by atoms with Crippen molar-refractivity contribution < 1.29 is 72.9 Å². The van der Waals surface area contributed by atoms with Gasteiger partial charge in [0.25, 0.3) is 5.91 Å². The number of esters is 3. The van der Waals surface area contributed by atoms with Gasteiger partial charge < -0.3 is 44.1 Å². The zero-order valence-electron chi connectivity index (χ0n) is 33.7. The van der Waals surface area contributed by atoms with Crippen molar-refractivity contribution in [2.24, 2.45) is 16.7 Å². The van der Waals surface area contributed by atoms with E-state index in [2.05, 4.69) is 0 Å². The Bertz CT molecular complexity index is 2120. The molecule has 2 bridgehead atoms. The van der Waals surface area contributed by atoms with Crippen molar-refractivity contribution in [2.45, 2.75) is 121 Å². The van der Waals surface area contributed by atoms with Crippen LogP contribution in [0.15, 0.2) is 71.8 Å². The topological polar surface area (TPSA) is 233 Å². The Labute approximate surface area is 340 Å². The second kappa shape index (κ2) is 14.3. The third-order valence-corrected chi connectivity index (χ3v) is 13.4. The standard InChI is InChI=1S/C43H49NO15/c1-21-25(56-36(51)31(48)29(23-14-10-8-11-15-23)44-37(52)40(5,6)59-38(44)53)19-43(54)34(57-35(50)24-16-12-9-13-17-24)32-41(7,33(49)30(47)28(21)39(43,3)4)26(46)18-27-42(32,20-55-27)58-22(2)45/h8-17,25-27,29-32,34,46-48,54H,18-20H2,1-7H3/t25?,26?,27?,29?,30?,31?,32?,34?,41-,42+,43-/m1/s1. The third kappa shape index (κ3) is 6.21. The van der Waals surface area contributed by atoms with Crippen molar-refractivity contribution in [3.63, 3.8) is 0 Å². The largest absolute Gasteiger partial charge is 0.456 e. The zero-order chi connectivity index (χ0) is 43.2. The number of amides is 2. The van der Waals surface area contributed by atoms with Gasteiger partial charge in [0, 0.05) is 25.2 Å². The molecule has 2 aromatic carbocycles. The van der Waals surface area contributed by atoms with Crippen LogP contribution in [0.25, 0.3) is 0 Å². The molecule has 4 N–H and O–H groups in total. The van der Waals surface area contributed by atoms with E-state index in [1.807, 2.05) is 0 Å². The van der Waals surface area contributed by atoms with E-state index in [1.165, 1.54) is 65.8 Å².